The minimum atomic E-state index is -0.0884. The fourth-order valence-electron chi connectivity index (χ4n) is 2.81. The smallest absolute Gasteiger partial charge is 0.253 e. The van der Waals surface area contributed by atoms with Gasteiger partial charge in [-0.05, 0) is 31.5 Å². The van der Waals surface area contributed by atoms with Crippen LogP contribution in [0.5, 0.6) is 0 Å². The zero-order valence-electron chi connectivity index (χ0n) is 14.1. The Kier molecular flexibility index (Phi) is 4.94. The third-order valence-corrected chi connectivity index (χ3v) is 4.23. The van der Waals surface area contributed by atoms with Crippen molar-refractivity contribution in [1.82, 2.24) is 4.90 Å². The van der Waals surface area contributed by atoms with Crippen LogP contribution in [0.3, 0.4) is 0 Å². The fraction of sp³-hybridized carbons (Fsp3) is 0.300. The van der Waals surface area contributed by atoms with Crippen LogP contribution in [0.1, 0.15) is 34.8 Å². The highest BCUT2D eigenvalue weighted by Crippen LogP contribution is 2.18. The molecule has 124 valence electrons. The monoisotopic (exact) mass is 322 g/mol. The Labute approximate surface area is 142 Å². The van der Waals surface area contributed by atoms with E-state index in [4.69, 9.17) is 4.84 Å². The van der Waals surface area contributed by atoms with Crippen LogP contribution in [0.15, 0.2) is 59.8 Å². The van der Waals surface area contributed by atoms with Crippen molar-refractivity contribution in [2.24, 2.45) is 5.16 Å². The summed E-state index contributed by atoms with van der Waals surface area (Å²) in [6.45, 7) is 5.19. The number of oxime groups is 1. The zero-order chi connectivity index (χ0) is 16.9. The Morgan fingerprint density at radius 2 is 1.88 bits per heavy atom. The van der Waals surface area contributed by atoms with E-state index in [1.54, 1.807) is 0 Å². The molecule has 24 heavy (non-hydrogen) atoms. The molecular weight excluding hydrogens is 300 g/mol. The molecule has 1 aliphatic heterocycles. The van der Waals surface area contributed by atoms with E-state index in [0.717, 1.165) is 23.3 Å². The zero-order valence-corrected chi connectivity index (χ0v) is 14.1. The SMILES string of the molecule is CCN(CC1CC(c2ccccc2)=NO1)C(=O)c1ccc(C)cc1. The molecule has 0 bridgehead atoms. The Hall–Kier alpha value is -2.62. The summed E-state index contributed by atoms with van der Waals surface area (Å²) in [5, 5.41) is 4.20. The maximum absolute atomic E-state index is 12.7. The first kappa shape index (κ1) is 16.2. The number of nitrogens with zero attached hydrogens (tertiary/aromatic N) is 2. The van der Waals surface area contributed by atoms with Gasteiger partial charge < -0.3 is 9.74 Å². The second-order valence-electron chi connectivity index (χ2n) is 6.05. The summed E-state index contributed by atoms with van der Waals surface area (Å²) in [5.74, 6) is 0.0364. The number of likely N-dealkylation sites (N-methyl/N-ethyl adjacent to an activating group) is 1. The minimum absolute atomic E-state index is 0.0364. The van der Waals surface area contributed by atoms with Crippen molar-refractivity contribution < 1.29 is 9.63 Å². The first-order valence-corrected chi connectivity index (χ1v) is 8.31. The largest absolute Gasteiger partial charge is 0.390 e. The van der Waals surface area contributed by atoms with Gasteiger partial charge in [0, 0.05) is 18.5 Å². The fourth-order valence-corrected chi connectivity index (χ4v) is 2.81. The summed E-state index contributed by atoms with van der Waals surface area (Å²) in [4.78, 5) is 20.0. The first-order chi connectivity index (χ1) is 11.7. The Morgan fingerprint density at radius 3 is 2.54 bits per heavy atom. The number of benzene rings is 2. The molecule has 0 N–H and O–H groups in total. The molecule has 1 atom stereocenters. The van der Waals surface area contributed by atoms with Crippen molar-refractivity contribution in [3.05, 3.63) is 71.3 Å². The van der Waals surface area contributed by atoms with Gasteiger partial charge in [-0.3, -0.25) is 4.79 Å². The molecule has 0 saturated heterocycles. The average molecular weight is 322 g/mol. The Morgan fingerprint density at radius 1 is 1.17 bits per heavy atom. The number of amides is 1. The van der Waals surface area contributed by atoms with Gasteiger partial charge in [0.1, 0.15) is 0 Å². The molecule has 0 fully saturated rings. The lowest BCUT2D eigenvalue weighted by molar-refractivity contribution is 0.0436. The molecular formula is C20H22N2O2. The molecule has 0 aliphatic carbocycles. The van der Waals surface area contributed by atoms with Crippen LogP contribution in [0.2, 0.25) is 0 Å². The second kappa shape index (κ2) is 7.30. The van der Waals surface area contributed by atoms with Crippen molar-refractivity contribution in [3.8, 4) is 0 Å². The van der Waals surface area contributed by atoms with Crippen LogP contribution >= 0.6 is 0 Å². The van der Waals surface area contributed by atoms with Gasteiger partial charge in [-0.25, -0.2) is 0 Å². The lowest BCUT2D eigenvalue weighted by Crippen LogP contribution is -2.37. The summed E-state index contributed by atoms with van der Waals surface area (Å²) >= 11 is 0. The lowest BCUT2D eigenvalue weighted by atomic mass is 10.0. The Balaban J connectivity index is 1.62. The molecule has 1 aliphatic rings. The average Bonchev–Trinajstić information content (AvgIpc) is 3.09. The van der Waals surface area contributed by atoms with Crippen LogP contribution in [0.4, 0.5) is 0 Å². The molecule has 1 amide bonds. The van der Waals surface area contributed by atoms with Crippen LogP contribution in [0.25, 0.3) is 0 Å². The quantitative estimate of drug-likeness (QED) is 0.843. The van der Waals surface area contributed by atoms with Gasteiger partial charge in [0.15, 0.2) is 6.10 Å². The summed E-state index contributed by atoms with van der Waals surface area (Å²) in [5.41, 5.74) is 3.88. The van der Waals surface area contributed by atoms with E-state index < -0.39 is 0 Å². The minimum Gasteiger partial charge on any atom is -0.390 e. The summed E-state index contributed by atoms with van der Waals surface area (Å²) in [7, 11) is 0. The Bertz CT molecular complexity index is 723. The van der Waals surface area contributed by atoms with Gasteiger partial charge in [0.25, 0.3) is 5.91 Å². The van der Waals surface area contributed by atoms with Gasteiger partial charge in [-0.2, -0.15) is 0 Å². The van der Waals surface area contributed by atoms with Gasteiger partial charge in [-0.1, -0.05) is 53.2 Å². The first-order valence-electron chi connectivity index (χ1n) is 8.31. The summed E-state index contributed by atoms with van der Waals surface area (Å²) in [6.07, 6.45) is 0.636. The van der Waals surface area contributed by atoms with Gasteiger partial charge >= 0.3 is 0 Å². The molecule has 2 aromatic carbocycles. The van der Waals surface area contributed by atoms with E-state index in [1.165, 1.54) is 0 Å². The van der Waals surface area contributed by atoms with E-state index in [1.807, 2.05) is 73.3 Å². The molecule has 2 aromatic rings. The predicted molar refractivity (Wildman–Crippen MR) is 95.2 cm³/mol. The molecule has 4 heteroatoms. The van der Waals surface area contributed by atoms with Crippen LogP contribution < -0.4 is 0 Å². The normalized spacial score (nSPS) is 16.4. The van der Waals surface area contributed by atoms with E-state index in [-0.39, 0.29) is 12.0 Å². The molecule has 4 nitrogen and oxygen atoms in total. The molecule has 3 rings (SSSR count). The molecule has 0 radical (unpaired) electrons. The van der Waals surface area contributed by atoms with Gasteiger partial charge in [0.2, 0.25) is 0 Å². The van der Waals surface area contributed by atoms with Crippen molar-refractivity contribution >= 4 is 11.6 Å². The maximum atomic E-state index is 12.7. The van der Waals surface area contributed by atoms with Crippen molar-refractivity contribution in [2.75, 3.05) is 13.1 Å². The molecule has 0 saturated carbocycles. The number of hydrogen-bond acceptors (Lipinski definition) is 3. The number of rotatable bonds is 5. The molecule has 1 unspecified atom stereocenters. The maximum Gasteiger partial charge on any atom is 0.253 e. The highest BCUT2D eigenvalue weighted by atomic mass is 16.6. The summed E-state index contributed by atoms with van der Waals surface area (Å²) in [6, 6.07) is 17.7. The number of carbonyl (C=O) groups is 1. The van der Waals surface area contributed by atoms with Crippen LogP contribution in [-0.4, -0.2) is 35.7 Å². The molecule has 1 heterocycles. The topological polar surface area (TPSA) is 41.9 Å². The number of carbonyl (C=O) groups excluding carboxylic acids is 1. The highest BCUT2D eigenvalue weighted by Gasteiger charge is 2.26. The third-order valence-electron chi connectivity index (χ3n) is 4.23. The summed E-state index contributed by atoms with van der Waals surface area (Å²) < 4.78 is 0. The number of aryl methyl sites for hydroxylation is 1. The van der Waals surface area contributed by atoms with Crippen LogP contribution in [-0.2, 0) is 4.84 Å². The highest BCUT2D eigenvalue weighted by molar-refractivity contribution is 6.01. The second-order valence-corrected chi connectivity index (χ2v) is 6.05. The van der Waals surface area contributed by atoms with Crippen molar-refractivity contribution in [3.63, 3.8) is 0 Å². The van der Waals surface area contributed by atoms with Crippen molar-refractivity contribution in [2.45, 2.75) is 26.4 Å². The van der Waals surface area contributed by atoms with E-state index in [2.05, 4.69) is 5.16 Å². The van der Waals surface area contributed by atoms with Gasteiger partial charge in [-0.15, -0.1) is 0 Å². The van der Waals surface area contributed by atoms with E-state index >= 15 is 0 Å². The lowest BCUT2D eigenvalue weighted by Gasteiger charge is -2.23. The molecule has 0 aromatic heterocycles. The predicted octanol–water partition coefficient (Wildman–Crippen LogP) is 3.65. The van der Waals surface area contributed by atoms with Crippen LogP contribution in [0, 0.1) is 6.92 Å². The third kappa shape index (κ3) is 3.65. The van der Waals surface area contributed by atoms with E-state index in [0.29, 0.717) is 18.7 Å². The standard InChI is InChI=1S/C20H22N2O2/c1-3-22(20(23)17-11-9-15(2)10-12-17)14-18-13-19(21-24-18)16-7-5-4-6-8-16/h4-12,18H,3,13-14H2,1-2H3. The van der Waals surface area contributed by atoms with E-state index in [9.17, 15) is 4.79 Å². The molecule has 0 spiro atoms. The number of hydrogen-bond donors (Lipinski definition) is 0. The van der Waals surface area contributed by atoms with Crippen molar-refractivity contribution in [1.29, 1.82) is 0 Å². The van der Waals surface area contributed by atoms with Gasteiger partial charge in [0.05, 0.1) is 12.3 Å².